The average Bonchev–Trinajstić information content (AvgIpc) is 2.64. The van der Waals surface area contributed by atoms with Gasteiger partial charge >= 0.3 is 0 Å². The second-order valence-electron chi connectivity index (χ2n) is 4.80. The molecule has 1 aromatic heterocycles. The number of benzene rings is 1. The van der Waals surface area contributed by atoms with Crippen LogP contribution in [-0.4, -0.2) is 10.4 Å². The van der Waals surface area contributed by atoms with E-state index in [9.17, 15) is 4.79 Å². The summed E-state index contributed by atoms with van der Waals surface area (Å²) in [5, 5.41) is 2.13. The van der Waals surface area contributed by atoms with E-state index in [2.05, 4.69) is 6.92 Å². The Morgan fingerprint density at radius 1 is 1.32 bits per heavy atom. The standard InChI is InChI=1S/C15H17Cl2NO/c1-4-5-8-18-14-9(2)12(16)7-6-11(14)13(10(3)19)15(18)17/h6-7H,4-5,8H2,1-3H3. The third kappa shape index (κ3) is 2.39. The van der Waals surface area contributed by atoms with Gasteiger partial charge < -0.3 is 4.57 Å². The molecule has 0 N–H and O–H groups in total. The van der Waals surface area contributed by atoms with Gasteiger partial charge in [-0.25, -0.2) is 0 Å². The molecule has 0 aliphatic heterocycles. The Balaban J connectivity index is 2.81. The van der Waals surface area contributed by atoms with Gasteiger partial charge in [-0.1, -0.05) is 42.6 Å². The summed E-state index contributed by atoms with van der Waals surface area (Å²) in [6.07, 6.45) is 2.10. The summed E-state index contributed by atoms with van der Waals surface area (Å²) < 4.78 is 2.01. The van der Waals surface area contributed by atoms with E-state index in [1.807, 2.05) is 23.6 Å². The number of hydrogen-bond acceptors (Lipinski definition) is 1. The number of carbonyl (C=O) groups is 1. The van der Waals surface area contributed by atoms with Crippen LogP contribution in [-0.2, 0) is 6.54 Å². The number of aryl methyl sites for hydroxylation is 2. The average molecular weight is 298 g/mol. The molecule has 2 nitrogen and oxygen atoms in total. The van der Waals surface area contributed by atoms with Gasteiger partial charge in [-0.2, -0.15) is 0 Å². The molecular formula is C15H17Cl2NO. The quantitative estimate of drug-likeness (QED) is 0.706. The number of fused-ring (bicyclic) bond motifs is 1. The molecule has 0 unspecified atom stereocenters. The first kappa shape index (κ1) is 14.4. The van der Waals surface area contributed by atoms with E-state index in [1.165, 1.54) is 0 Å². The third-order valence-electron chi connectivity index (χ3n) is 3.43. The zero-order valence-electron chi connectivity index (χ0n) is 11.4. The van der Waals surface area contributed by atoms with Crippen LogP contribution in [0.2, 0.25) is 10.2 Å². The van der Waals surface area contributed by atoms with Crippen LogP contribution in [0.15, 0.2) is 12.1 Å². The fourth-order valence-electron chi connectivity index (χ4n) is 2.43. The van der Waals surface area contributed by atoms with Crippen molar-refractivity contribution in [1.29, 1.82) is 0 Å². The molecule has 0 atom stereocenters. The Morgan fingerprint density at radius 3 is 2.58 bits per heavy atom. The van der Waals surface area contributed by atoms with Crippen molar-refractivity contribution < 1.29 is 4.79 Å². The normalized spacial score (nSPS) is 11.2. The lowest BCUT2D eigenvalue weighted by atomic mass is 10.1. The molecule has 0 bridgehead atoms. The van der Waals surface area contributed by atoms with Gasteiger partial charge in [0.25, 0.3) is 0 Å². The number of ketones is 1. The highest BCUT2D eigenvalue weighted by atomic mass is 35.5. The lowest BCUT2D eigenvalue weighted by molar-refractivity contribution is 0.101. The van der Waals surface area contributed by atoms with Crippen LogP contribution < -0.4 is 0 Å². The lowest BCUT2D eigenvalue weighted by Crippen LogP contribution is -2.00. The number of aromatic nitrogens is 1. The number of unbranched alkanes of at least 4 members (excludes halogenated alkanes) is 1. The fraction of sp³-hybridized carbons (Fsp3) is 0.400. The highest BCUT2D eigenvalue weighted by molar-refractivity contribution is 6.36. The topological polar surface area (TPSA) is 22.0 Å². The molecule has 1 heterocycles. The first-order valence-corrected chi connectivity index (χ1v) is 7.22. The molecule has 0 radical (unpaired) electrons. The number of rotatable bonds is 4. The van der Waals surface area contributed by atoms with E-state index in [-0.39, 0.29) is 5.78 Å². The van der Waals surface area contributed by atoms with E-state index in [0.29, 0.717) is 15.7 Å². The molecule has 2 rings (SSSR count). The van der Waals surface area contributed by atoms with Crippen molar-refractivity contribution in [3.63, 3.8) is 0 Å². The first-order valence-electron chi connectivity index (χ1n) is 6.46. The smallest absolute Gasteiger partial charge is 0.163 e. The highest BCUT2D eigenvalue weighted by Crippen LogP contribution is 2.35. The summed E-state index contributed by atoms with van der Waals surface area (Å²) in [5.74, 6) is -0.00743. The molecule has 2 aromatic rings. The summed E-state index contributed by atoms with van der Waals surface area (Å²) in [5.41, 5.74) is 2.56. The SMILES string of the molecule is CCCCn1c(Cl)c(C(C)=O)c2ccc(Cl)c(C)c21. The van der Waals surface area contributed by atoms with Gasteiger partial charge in [-0.15, -0.1) is 0 Å². The van der Waals surface area contributed by atoms with Gasteiger partial charge in [0.2, 0.25) is 0 Å². The second-order valence-corrected chi connectivity index (χ2v) is 5.56. The summed E-state index contributed by atoms with van der Waals surface area (Å²) in [6.45, 7) is 6.45. The van der Waals surface area contributed by atoms with E-state index >= 15 is 0 Å². The maximum absolute atomic E-state index is 11.8. The van der Waals surface area contributed by atoms with E-state index in [4.69, 9.17) is 23.2 Å². The first-order chi connectivity index (χ1) is 8.99. The molecule has 0 saturated carbocycles. The fourth-order valence-corrected chi connectivity index (χ4v) is 2.99. The van der Waals surface area contributed by atoms with Crippen molar-refractivity contribution >= 4 is 39.9 Å². The predicted molar refractivity (Wildman–Crippen MR) is 81.6 cm³/mol. The molecule has 1 aromatic carbocycles. The van der Waals surface area contributed by atoms with E-state index in [0.717, 1.165) is 35.9 Å². The Labute approximate surface area is 123 Å². The van der Waals surface area contributed by atoms with Crippen molar-refractivity contribution in [2.45, 2.75) is 40.2 Å². The largest absolute Gasteiger partial charge is 0.331 e. The molecule has 19 heavy (non-hydrogen) atoms. The van der Waals surface area contributed by atoms with Crippen molar-refractivity contribution in [3.8, 4) is 0 Å². The van der Waals surface area contributed by atoms with Crippen molar-refractivity contribution in [3.05, 3.63) is 33.4 Å². The van der Waals surface area contributed by atoms with Crippen LogP contribution in [0.3, 0.4) is 0 Å². The molecule has 4 heteroatoms. The Kier molecular flexibility index (Phi) is 4.22. The minimum Gasteiger partial charge on any atom is -0.331 e. The minimum atomic E-state index is -0.00743. The van der Waals surface area contributed by atoms with Gasteiger partial charge in [0.15, 0.2) is 5.78 Å². The molecule has 0 fully saturated rings. The van der Waals surface area contributed by atoms with Crippen LogP contribution in [0.5, 0.6) is 0 Å². The molecule has 0 spiro atoms. The molecule has 0 aliphatic carbocycles. The second kappa shape index (κ2) is 5.56. The molecular weight excluding hydrogens is 281 g/mol. The number of halogens is 2. The molecule has 0 saturated heterocycles. The van der Waals surface area contributed by atoms with Gasteiger partial charge in [0.05, 0.1) is 11.1 Å². The monoisotopic (exact) mass is 297 g/mol. The summed E-state index contributed by atoms with van der Waals surface area (Å²) in [6, 6.07) is 3.71. The molecule has 0 aliphatic rings. The van der Waals surface area contributed by atoms with Crippen LogP contribution in [0.1, 0.15) is 42.6 Å². The van der Waals surface area contributed by atoms with Gasteiger partial charge in [-0.05, 0) is 31.9 Å². The Morgan fingerprint density at radius 2 is 2.00 bits per heavy atom. The maximum Gasteiger partial charge on any atom is 0.163 e. The predicted octanol–water partition coefficient (Wildman–Crippen LogP) is 5.26. The minimum absolute atomic E-state index is 0.00743. The van der Waals surface area contributed by atoms with Gasteiger partial charge in [-0.3, -0.25) is 4.79 Å². The number of Topliss-reactive ketones (excluding diaryl/α,β-unsaturated/α-hetero) is 1. The molecule has 0 amide bonds. The Hall–Kier alpha value is -0.990. The summed E-state index contributed by atoms with van der Waals surface area (Å²) >= 11 is 12.6. The van der Waals surface area contributed by atoms with Crippen molar-refractivity contribution in [2.75, 3.05) is 0 Å². The summed E-state index contributed by atoms with van der Waals surface area (Å²) in [7, 11) is 0. The Bertz CT molecular complexity index is 643. The molecule has 102 valence electrons. The van der Waals surface area contributed by atoms with Crippen LogP contribution in [0.25, 0.3) is 10.9 Å². The van der Waals surface area contributed by atoms with E-state index < -0.39 is 0 Å². The third-order valence-corrected chi connectivity index (χ3v) is 4.24. The maximum atomic E-state index is 11.8. The van der Waals surface area contributed by atoms with Crippen molar-refractivity contribution in [2.24, 2.45) is 0 Å². The van der Waals surface area contributed by atoms with Crippen LogP contribution in [0.4, 0.5) is 0 Å². The number of hydrogen-bond donors (Lipinski definition) is 0. The number of nitrogens with zero attached hydrogens (tertiary/aromatic N) is 1. The van der Waals surface area contributed by atoms with Gasteiger partial charge in [0.1, 0.15) is 5.15 Å². The van der Waals surface area contributed by atoms with Gasteiger partial charge in [0, 0.05) is 17.0 Å². The highest BCUT2D eigenvalue weighted by Gasteiger charge is 2.20. The summed E-state index contributed by atoms with van der Waals surface area (Å²) in [4.78, 5) is 11.8. The lowest BCUT2D eigenvalue weighted by Gasteiger charge is -2.09. The van der Waals surface area contributed by atoms with Crippen molar-refractivity contribution in [1.82, 2.24) is 4.57 Å². The number of carbonyl (C=O) groups excluding carboxylic acids is 1. The van der Waals surface area contributed by atoms with Crippen LogP contribution >= 0.6 is 23.2 Å². The zero-order valence-corrected chi connectivity index (χ0v) is 12.9. The van der Waals surface area contributed by atoms with E-state index in [1.54, 1.807) is 6.92 Å². The zero-order chi connectivity index (χ0) is 14.2. The van der Waals surface area contributed by atoms with Crippen LogP contribution in [0, 0.1) is 6.92 Å².